The Balaban J connectivity index is 1.27. The molecule has 0 bridgehead atoms. The second-order valence-corrected chi connectivity index (χ2v) is 8.13. The number of piperidine rings is 1. The predicted octanol–water partition coefficient (Wildman–Crippen LogP) is 2.15. The summed E-state index contributed by atoms with van der Waals surface area (Å²) in [5.74, 6) is 0.335. The number of carbonyl (C=O) groups excluding carboxylic acids is 1. The molecule has 1 aliphatic carbocycles. The van der Waals surface area contributed by atoms with Gasteiger partial charge in [-0.3, -0.25) is 4.79 Å². The largest absolute Gasteiger partial charge is 0.353 e. The fraction of sp³-hybridized carbons (Fsp3) is 0.529. The molecule has 0 atom stereocenters. The number of hydrogen-bond donors (Lipinski definition) is 1. The lowest BCUT2D eigenvalue weighted by Gasteiger charge is -2.32. The smallest absolute Gasteiger partial charge is 0.230 e. The second kappa shape index (κ2) is 7.94. The van der Waals surface area contributed by atoms with Crippen molar-refractivity contribution >= 4 is 29.3 Å². The molecule has 1 saturated carbocycles. The van der Waals surface area contributed by atoms with Crippen LogP contribution in [0.1, 0.15) is 25.7 Å². The number of aromatic nitrogens is 4. The average Bonchev–Trinajstić information content (AvgIpc) is 3.39. The highest BCUT2D eigenvalue weighted by atomic mass is 35.5. The zero-order valence-electron chi connectivity index (χ0n) is 14.3. The summed E-state index contributed by atoms with van der Waals surface area (Å²) >= 11 is 7.25. The van der Waals surface area contributed by atoms with Crippen molar-refractivity contribution in [3.63, 3.8) is 0 Å². The number of rotatable bonds is 6. The van der Waals surface area contributed by atoms with Crippen LogP contribution in [-0.2, 0) is 4.79 Å². The second-order valence-electron chi connectivity index (χ2n) is 6.75. The Morgan fingerprint density at radius 3 is 2.62 bits per heavy atom. The molecule has 2 heterocycles. The fourth-order valence-corrected chi connectivity index (χ4v) is 4.09. The lowest BCUT2D eigenvalue weighted by Crippen LogP contribution is -2.45. The zero-order chi connectivity index (χ0) is 17.9. The molecule has 1 aromatic heterocycles. The van der Waals surface area contributed by atoms with Gasteiger partial charge in [0.15, 0.2) is 0 Å². The number of benzene rings is 1. The Kier molecular flexibility index (Phi) is 5.42. The number of halogens is 1. The number of amides is 1. The highest BCUT2D eigenvalue weighted by Gasteiger charge is 2.32. The molecule has 1 aromatic carbocycles. The van der Waals surface area contributed by atoms with Gasteiger partial charge in [0.25, 0.3) is 0 Å². The number of thioether (sulfide) groups is 1. The number of tetrazole rings is 1. The number of nitrogens with zero attached hydrogens (tertiary/aromatic N) is 5. The van der Waals surface area contributed by atoms with E-state index in [-0.39, 0.29) is 11.9 Å². The summed E-state index contributed by atoms with van der Waals surface area (Å²) in [6, 6.07) is 8.35. The van der Waals surface area contributed by atoms with E-state index in [1.54, 1.807) is 16.8 Å². The van der Waals surface area contributed by atoms with Crippen LogP contribution in [0.25, 0.3) is 5.69 Å². The van der Waals surface area contributed by atoms with Crippen molar-refractivity contribution in [3.05, 3.63) is 29.3 Å². The Labute approximate surface area is 161 Å². The topological polar surface area (TPSA) is 75.9 Å². The third-order valence-corrected chi connectivity index (χ3v) is 5.97. The molecule has 7 nitrogen and oxygen atoms in total. The predicted molar refractivity (Wildman–Crippen MR) is 101 cm³/mol. The van der Waals surface area contributed by atoms with Gasteiger partial charge in [0.05, 0.1) is 11.4 Å². The molecule has 0 spiro atoms. The Morgan fingerprint density at radius 2 is 1.92 bits per heavy atom. The quantitative estimate of drug-likeness (QED) is 0.759. The molecule has 1 amide bonds. The van der Waals surface area contributed by atoms with Crippen molar-refractivity contribution in [1.29, 1.82) is 0 Å². The lowest BCUT2D eigenvalue weighted by molar-refractivity contribution is -0.119. The van der Waals surface area contributed by atoms with Crippen LogP contribution in [0.4, 0.5) is 0 Å². The maximum absolute atomic E-state index is 12.3. The first-order chi connectivity index (χ1) is 12.7. The first-order valence-corrected chi connectivity index (χ1v) is 10.3. The third-order valence-electron chi connectivity index (χ3n) is 4.80. The molecular formula is C17H21ClN6OS. The minimum absolute atomic E-state index is 0.0329. The van der Waals surface area contributed by atoms with Crippen molar-refractivity contribution in [2.75, 3.05) is 18.8 Å². The van der Waals surface area contributed by atoms with Crippen LogP contribution in [-0.4, -0.2) is 61.9 Å². The van der Waals surface area contributed by atoms with Gasteiger partial charge in [0.2, 0.25) is 11.1 Å². The van der Waals surface area contributed by atoms with E-state index >= 15 is 0 Å². The standard InChI is InChI=1S/C17H21ClN6OS/c18-12-1-3-15(4-2-12)24-17(20-21-22-24)26-11-16(25)19-13-7-9-23(10-8-13)14-5-6-14/h1-4,13-14H,5-11H2,(H,19,25). The molecule has 4 rings (SSSR count). The highest BCUT2D eigenvalue weighted by molar-refractivity contribution is 7.99. The van der Waals surface area contributed by atoms with Crippen molar-refractivity contribution < 1.29 is 4.79 Å². The number of carbonyl (C=O) groups is 1. The molecule has 2 aromatic rings. The van der Waals surface area contributed by atoms with E-state index in [9.17, 15) is 4.79 Å². The maximum Gasteiger partial charge on any atom is 0.230 e. The van der Waals surface area contributed by atoms with E-state index in [0.717, 1.165) is 37.7 Å². The minimum atomic E-state index is 0.0329. The van der Waals surface area contributed by atoms with E-state index in [1.165, 1.54) is 24.6 Å². The molecule has 2 aliphatic rings. The van der Waals surface area contributed by atoms with Crippen LogP contribution in [0, 0.1) is 0 Å². The summed E-state index contributed by atoms with van der Waals surface area (Å²) in [4.78, 5) is 14.8. The summed E-state index contributed by atoms with van der Waals surface area (Å²) in [6.07, 6.45) is 4.76. The van der Waals surface area contributed by atoms with Gasteiger partial charge in [-0.2, -0.15) is 4.68 Å². The van der Waals surface area contributed by atoms with Crippen LogP contribution in [0.15, 0.2) is 29.4 Å². The van der Waals surface area contributed by atoms with E-state index in [4.69, 9.17) is 11.6 Å². The molecule has 138 valence electrons. The van der Waals surface area contributed by atoms with Gasteiger partial charge in [-0.15, -0.1) is 5.10 Å². The van der Waals surface area contributed by atoms with Crippen molar-refractivity contribution in [1.82, 2.24) is 30.4 Å². The minimum Gasteiger partial charge on any atom is -0.353 e. The average molecular weight is 393 g/mol. The van der Waals surface area contributed by atoms with E-state index in [0.29, 0.717) is 15.9 Å². The Morgan fingerprint density at radius 1 is 1.19 bits per heavy atom. The summed E-state index contributed by atoms with van der Waals surface area (Å²) in [5.41, 5.74) is 0.815. The molecule has 26 heavy (non-hydrogen) atoms. The summed E-state index contributed by atoms with van der Waals surface area (Å²) in [6.45, 7) is 2.19. The first-order valence-electron chi connectivity index (χ1n) is 8.89. The molecule has 1 aliphatic heterocycles. The van der Waals surface area contributed by atoms with Crippen molar-refractivity contribution in [2.24, 2.45) is 0 Å². The molecular weight excluding hydrogens is 372 g/mol. The summed E-state index contributed by atoms with van der Waals surface area (Å²) in [7, 11) is 0. The van der Waals surface area contributed by atoms with Crippen LogP contribution in [0.2, 0.25) is 5.02 Å². The molecule has 1 saturated heterocycles. The number of nitrogens with one attached hydrogen (secondary N) is 1. The Hall–Kier alpha value is -1.64. The normalized spacial score (nSPS) is 18.8. The SMILES string of the molecule is O=C(CSc1nnnn1-c1ccc(Cl)cc1)NC1CCN(C2CC2)CC1. The van der Waals surface area contributed by atoms with Gasteiger partial charge in [-0.05, 0) is 60.4 Å². The van der Waals surface area contributed by atoms with Crippen LogP contribution < -0.4 is 5.32 Å². The van der Waals surface area contributed by atoms with Gasteiger partial charge in [0, 0.05) is 30.2 Å². The zero-order valence-corrected chi connectivity index (χ0v) is 15.9. The van der Waals surface area contributed by atoms with E-state index in [2.05, 4.69) is 25.7 Å². The van der Waals surface area contributed by atoms with E-state index < -0.39 is 0 Å². The molecule has 2 fully saturated rings. The van der Waals surface area contributed by atoms with Gasteiger partial charge in [-0.1, -0.05) is 23.4 Å². The van der Waals surface area contributed by atoms with Crippen LogP contribution in [0.3, 0.4) is 0 Å². The van der Waals surface area contributed by atoms with Gasteiger partial charge >= 0.3 is 0 Å². The van der Waals surface area contributed by atoms with E-state index in [1.807, 2.05) is 12.1 Å². The summed E-state index contributed by atoms with van der Waals surface area (Å²) in [5, 5.41) is 16.1. The van der Waals surface area contributed by atoms with Gasteiger partial charge in [-0.25, -0.2) is 0 Å². The summed E-state index contributed by atoms with van der Waals surface area (Å²) < 4.78 is 1.61. The maximum atomic E-state index is 12.3. The molecule has 9 heteroatoms. The Bertz CT molecular complexity index is 755. The number of hydrogen-bond acceptors (Lipinski definition) is 6. The highest BCUT2D eigenvalue weighted by Crippen LogP contribution is 2.29. The first kappa shape index (κ1) is 17.8. The molecule has 0 unspecified atom stereocenters. The van der Waals surface area contributed by atoms with Crippen molar-refractivity contribution in [3.8, 4) is 5.69 Å². The van der Waals surface area contributed by atoms with Gasteiger partial charge in [0.1, 0.15) is 0 Å². The van der Waals surface area contributed by atoms with Crippen LogP contribution >= 0.6 is 23.4 Å². The monoisotopic (exact) mass is 392 g/mol. The molecule has 1 N–H and O–H groups in total. The third kappa shape index (κ3) is 4.36. The lowest BCUT2D eigenvalue weighted by atomic mass is 10.1. The van der Waals surface area contributed by atoms with Crippen molar-refractivity contribution in [2.45, 2.75) is 42.9 Å². The number of likely N-dealkylation sites (tertiary alicyclic amines) is 1. The fourth-order valence-electron chi connectivity index (χ4n) is 3.26. The van der Waals surface area contributed by atoms with Gasteiger partial charge < -0.3 is 10.2 Å². The molecule has 0 radical (unpaired) electrons. The van der Waals surface area contributed by atoms with Crippen LogP contribution in [0.5, 0.6) is 0 Å².